The van der Waals surface area contributed by atoms with Crippen molar-refractivity contribution in [2.75, 3.05) is 17.7 Å². The molecule has 0 unspecified atom stereocenters. The normalized spacial score (nSPS) is 10.4. The Kier molecular flexibility index (Phi) is 3.41. The first-order valence-corrected chi connectivity index (χ1v) is 5.77. The van der Waals surface area contributed by atoms with E-state index >= 15 is 0 Å². The quantitative estimate of drug-likeness (QED) is 0.519. The molecule has 0 amide bonds. The summed E-state index contributed by atoms with van der Waals surface area (Å²) in [6.07, 6.45) is 0. The van der Waals surface area contributed by atoms with Gasteiger partial charge in [0.2, 0.25) is 0 Å². The maximum atomic E-state index is 10.8. The third kappa shape index (κ3) is 3.04. The van der Waals surface area contributed by atoms with Gasteiger partial charge in [-0.05, 0) is 25.1 Å². The van der Waals surface area contributed by atoms with Crippen molar-refractivity contribution in [2.24, 2.45) is 0 Å². The lowest BCUT2D eigenvalue weighted by Gasteiger charge is -2.18. The number of aryl methyl sites for hydroxylation is 1. The second-order valence-corrected chi connectivity index (χ2v) is 4.41. The van der Waals surface area contributed by atoms with Gasteiger partial charge in [-0.2, -0.15) is 0 Å². The minimum atomic E-state index is -0.454. The van der Waals surface area contributed by atoms with Gasteiger partial charge in [-0.25, -0.2) is 0 Å². The highest BCUT2D eigenvalue weighted by Crippen LogP contribution is 2.25. The molecule has 1 aromatic heterocycles. The van der Waals surface area contributed by atoms with Crippen molar-refractivity contribution in [2.45, 2.75) is 13.5 Å². The number of benzene rings is 1. The minimum Gasteiger partial charge on any atom is -0.464 e. The number of nitrogens with two attached hydrogens (primary N) is 1. The Bertz CT molecular complexity index is 607. The Hall–Kier alpha value is -2.50. The van der Waals surface area contributed by atoms with Gasteiger partial charge in [-0.15, -0.1) is 0 Å². The molecule has 6 heteroatoms. The first-order chi connectivity index (χ1) is 8.95. The van der Waals surface area contributed by atoms with Gasteiger partial charge >= 0.3 is 0 Å². The summed E-state index contributed by atoms with van der Waals surface area (Å²) in [6.45, 7) is 2.39. The molecule has 0 radical (unpaired) electrons. The van der Waals surface area contributed by atoms with E-state index in [4.69, 9.17) is 10.2 Å². The zero-order chi connectivity index (χ0) is 14.0. The molecular weight excluding hydrogens is 246 g/mol. The van der Waals surface area contributed by atoms with Crippen molar-refractivity contribution in [1.82, 2.24) is 0 Å². The lowest BCUT2D eigenvalue weighted by molar-refractivity contribution is -0.384. The average molecular weight is 261 g/mol. The van der Waals surface area contributed by atoms with E-state index in [1.54, 1.807) is 6.07 Å². The van der Waals surface area contributed by atoms with E-state index in [1.807, 2.05) is 31.0 Å². The largest absolute Gasteiger partial charge is 0.464 e. The van der Waals surface area contributed by atoms with Gasteiger partial charge in [0, 0.05) is 30.6 Å². The molecule has 100 valence electrons. The van der Waals surface area contributed by atoms with Crippen molar-refractivity contribution < 1.29 is 9.34 Å². The molecule has 1 aromatic carbocycles. The van der Waals surface area contributed by atoms with E-state index in [0.29, 0.717) is 17.9 Å². The number of rotatable bonds is 4. The van der Waals surface area contributed by atoms with Gasteiger partial charge in [-0.1, -0.05) is 0 Å². The highest BCUT2D eigenvalue weighted by Gasteiger charge is 2.12. The monoisotopic (exact) mass is 261 g/mol. The number of anilines is 2. The van der Waals surface area contributed by atoms with Crippen molar-refractivity contribution in [3.63, 3.8) is 0 Å². The average Bonchev–Trinajstić information content (AvgIpc) is 2.73. The lowest BCUT2D eigenvalue weighted by Crippen LogP contribution is -2.16. The Morgan fingerprint density at radius 1 is 1.37 bits per heavy atom. The Labute approximate surface area is 110 Å². The molecule has 0 saturated heterocycles. The number of hydrogen-bond acceptors (Lipinski definition) is 5. The number of nitro groups is 1. The summed E-state index contributed by atoms with van der Waals surface area (Å²) in [7, 11) is 1.83. The summed E-state index contributed by atoms with van der Waals surface area (Å²) < 4.78 is 5.48. The third-order valence-electron chi connectivity index (χ3n) is 2.77. The molecule has 0 saturated carbocycles. The van der Waals surface area contributed by atoms with E-state index in [-0.39, 0.29) is 5.69 Å². The summed E-state index contributed by atoms with van der Waals surface area (Å²) >= 11 is 0. The van der Waals surface area contributed by atoms with Gasteiger partial charge in [-0.3, -0.25) is 10.1 Å². The topological polar surface area (TPSA) is 85.5 Å². The van der Waals surface area contributed by atoms with E-state index in [0.717, 1.165) is 11.5 Å². The molecule has 0 aliphatic rings. The summed E-state index contributed by atoms with van der Waals surface area (Å²) in [5, 5.41) is 10.8. The van der Waals surface area contributed by atoms with Crippen LogP contribution >= 0.6 is 0 Å². The van der Waals surface area contributed by atoms with Crippen LogP contribution in [0.3, 0.4) is 0 Å². The zero-order valence-electron chi connectivity index (χ0n) is 10.8. The number of furan rings is 1. The molecular formula is C13H15N3O3. The molecule has 0 spiro atoms. The fourth-order valence-electron chi connectivity index (χ4n) is 1.84. The fraction of sp³-hybridized carbons (Fsp3) is 0.231. The summed E-state index contributed by atoms with van der Waals surface area (Å²) in [5.74, 6) is 1.63. The Morgan fingerprint density at radius 2 is 2.11 bits per heavy atom. The minimum absolute atomic E-state index is 0.0162. The predicted molar refractivity (Wildman–Crippen MR) is 73.1 cm³/mol. The Morgan fingerprint density at radius 3 is 2.68 bits per heavy atom. The van der Waals surface area contributed by atoms with E-state index in [9.17, 15) is 10.1 Å². The van der Waals surface area contributed by atoms with Crippen LogP contribution in [-0.4, -0.2) is 12.0 Å². The number of hydrogen-bond donors (Lipinski definition) is 1. The van der Waals surface area contributed by atoms with Crippen LogP contribution in [0.1, 0.15) is 11.5 Å². The molecule has 2 aromatic rings. The van der Waals surface area contributed by atoms with Crippen LogP contribution in [0.4, 0.5) is 17.1 Å². The fourth-order valence-corrected chi connectivity index (χ4v) is 1.84. The summed E-state index contributed by atoms with van der Waals surface area (Å²) in [6, 6.07) is 8.29. The van der Waals surface area contributed by atoms with Crippen LogP contribution in [-0.2, 0) is 6.54 Å². The molecule has 2 N–H and O–H groups in total. The number of nitrogens with zero attached hydrogens (tertiary/aromatic N) is 2. The highest BCUT2D eigenvalue weighted by molar-refractivity contribution is 5.62. The summed E-state index contributed by atoms with van der Waals surface area (Å²) in [4.78, 5) is 12.2. The smallest absolute Gasteiger partial charge is 0.273 e. The molecule has 0 bridgehead atoms. The van der Waals surface area contributed by atoms with Gasteiger partial charge in [0.1, 0.15) is 11.5 Å². The van der Waals surface area contributed by atoms with Crippen LogP contribution in [0.25, 0.3) is 0 Å². The highest BCUT2D eigenvalue weighted by atomic mass is 16.6. The van der Waals surface area contributed by atoms with Crippen molar-refractivity contribution in [3.05, 3.63) is 52.0 Å². The van der Waals surface area contributed by atoms with E-state index < -0.39 is 4.92 Å². The molecule has 6 nitrogen and oxygen atoms in total. The maximum absolute atomic E-state index is 10.8. The molecule has 19 heavy (non-hydrogen) atoms. The van der Waals surface area contributed by atoms with Crippen LogP contribution in [0.5, 0.6) is 0 Å². The van der Waals surface area contributed by atoms with Crippen LogP contribution in [0.15, 0.2) is 34.7 Å². The number of nitro benzene ring substituents is 1. The van der Waals surface area contributed by atoms with Crippen LogP contribution in [0, 0.1) is 17.0 Å². The lowest BCUT2D eigenvalue weighted by atomic mass is 10.2. The van der Waals surface area contributed by atoms with Crippen LogP contribution in [0.2, 0.25) is 0 Å². The zero-order valence-corrected chi connectivity index (χ0v) is 10.8. The third-order valence-corrected chi connectivity index (χ3v) is 2.77. The first kappa shape index (κ1) is 12.9. The van der Waals surface area contributed by atoms with Gasteiger partial charge < -0.3 is 15.1 Å². The molecule has 2 rings (SSSR count). The first-order valence-electron chi connectivity index (χ1n) is 5.77. The second kappa shape index (κ2) is 5.01. The molecule has 0 atom stereocenters. The van der Waals surface area contributed by atoms with Crippen LogP contribution < -0.4 is 10.6 Å². The predicted octanol–water partition coefficient (Wildman–Crippen LogP) is 2.71. The van der Waals surface area contributed by atoms with Crippen molar-refractivity contribution in [1.29, 1.82) is 0 Å². The van der Waals surface area contributed by atoms with E-state index in [2.05, 4.69) is 0 Å². The van der Waals surface area contributed by atoms with Gasteiger partial charge in [0.15, 0.2) is 0 Å². The van der Waals surface area contributed by atoms with Gasteiger partial charge in [0.25, 0.3) is 5.69 Å². The molecule has 0 fully saturated rings. The maximum Gasteiger partial charge on any atom is 0.273 e. The SMILES string of the molecule is Cc1ccc(CN(C)c2cc(N)cc([N+](=O)[O-])c2)o1. The standard InChI is InChI=1S/C13H15N3O3/c1-9-3-4-13(19-9)8-15(2)11-5-10(14)6-12(7-11)16(17)18/h3-7H,8,14H2,1-2H3. The molecule has 0 aliphatic carbocycles. The Balaban J connectivity index is 2.23. The van der Waals surface area contributed by atoms with E-state index in [1.165, 1.54) is 12.1 Å². The van der Waals surface area contributed by atoms with Crippen molar-refractivity contribution in [3.8, 4) is 0 Å². The number of non-ortho nitro benzene ring substituents is 1. The van der Waals surface area contributed by atoms with Crippen molar-refractivity contribution >= 4 is 17.1 Å². The molecule has 1 heterocycles. The van der Waals surface area contributed by atoms with Gasteiger partial charge in [0.05, 0.1) is 11.5 Å². The summed E-state index contributed by atoms with van der Waals surface area (Å²) in [5.41, 5.74) is 6.71. The second-order valence-electron chi connectivity index (χ2n) is 4.41. The molecule has 0 aliphatic heterocycles. The number of nitrogen functional groups attached to an aromatic ring is 1.